The SMILES string of the molecule is CCc1cc(N(c2ccc(C(C)(C)C)cc2)c2ccc(C(C)(C)C)cc2)ccc1/C=C/c1ccnc(-c2cc(/C=C/c3ccc(N(c4ccc(C(C)(C)C)cc4)c4ccc(C(C)(C)C)cc4)cc3CC)ccn2)c1. The molecular formula is C70H78N4. The van der Waals surface area contributed by atoms with Crippen molar-refractivity contribution in [3.05, 3.63) is 226 Å². The summed E-state index contributed by atoms with van der Waals surface area (Å²) in [4.78, 5) is 14.3. The Bertz CT molecular complexity index is 2900. The lowest BCUT2D eigenvalue weighted by atomic mass is 9.86. The second-order valence-corrected chi connectivity index (χ2v) is 23.9. The third kappa shape index (κ3) is 12.5. The number of benzene rings is 6. The summed E-state index contributed by atoms with van der Waals surface area (Å²) in [6.45, 7) is 31.7. The minimum absolute atomic E-state index is 0.0778. The van der Waals surface area contributed by atoms with E-state index >= 15 is 0 Å². The van der Waals surface area contributed by atoms with Gasteiger partial charge in [0, 0.05) is 46.5 Å². The zero-order chi connectivity index (χ0) is 53.0. The van der Waals surface area contributed by atoms with Crippen LogP contribution in [0.25, 0.3) is 35.7 Å². The first kappa shape index (κ1) is 53.0. The summed E-state index contributed by atoms with van der Waals surface area (Å²) in [7, 11) is 0. The van der Waals surface area contributed by atoms with Crippen LogP contribution in [0.1, 0.15) is 153 Å². The molecule has 6 aromatic carbocycles. The van der Waals surface area contributed by atoms with Gasteiger partial charge in [0.1, 0.15) is 0 Å². The van der Waals surface area contributed by atoms with Crippen LogP contribution >= 0.6 is 0 Å². The second kappa shape index (κ2) is 21.7. The molecule has 0 spiro atoms. The second-order valence-electron chi connectivity index (χ2n) is 23.9. The molecule has 8 aromatic rings. The molecule has 0 bridgehead atoms. The highest BCUT2D eigenvalue weighted by molar-refractivity contribution is 5.82. The van der Waals surface area contributed by atoms with Crippen molar-refractivity contribution in [3.8, 4) is 11.4 Å². The van der Waals surface area contributed by atoms with Gasteiger partial charge in [0.05, 0.1) is 11.4 Å². The fraction of sp³-hybridized carbons (Fsp3) is 0.286. The minimum Gasteiger partial charge on any atom is -0.310 e. The first-order valence-corrected chi connectivity index (χ1v) is 26.7. The van der Waals surface area contributed by atoms with Crippen molar-refractivity contribution in [1.82, 2.24) is 9.97 Å². The van der Waals surface area contributed by atoms with E-state index in [4.69, 9.17) is 9.97 Å². The molecule has 2 aromatic heterocycles. The largest absolute Gasteiger partial charge is 0.310 e. The Morgan fingerprint density at radius 3 is 0.851 bits per heavy atom. The predicted molar refractivity (Wildman–Crippen MR) is 321 cm³/mol. The van der Waals surface area contributed by atoms with Gasteiger partial charge in [-0.2, -0.15) is 0 Å². The molecule has 0 atom stereocenters. The zero-order valence-corrected chi connectivity index (χ0v) is 46.7. The van der Waals surface area contributed by atoms with Crippen molar-refractivity contribution in [3.63, 3.8) is 0 Å². The van der Waals surface area contributed by atoms with Crippen molar-refractivity contribution >= 4 is 58.4 Å². The third-order valence-corrected chi connectivity index (χ3v) is 14.2. The van der Waals surface area contributed by atoms with Crippen LogP contribution in [0.5, 0.6) is 0 Å². The van der Waals surface area contributed by atoms with Gasteiger partial charge in [0.25, 0.3) is 0 Å². The number of anilines is 6. The third-order valence-electron chi connectivity index (χ3n) is 14.2. The molecule has 0 saturated heterocycles. The van der Waals surface area contributed by atoms with Gasteiger partial charge in [0.15, 0.2) is 0 Å². The van der Waals surface area contributed by atoms with Crippen LogP contribution in [0.15, 0.2) is 170 Å². The summed E-state index contributed by atoms with van der Waals surface area (Å²) in [6.07, 6.45) is 14.4. The maximum atomic E-state index is 4.79. The average Bonchev–Trinajstić information content (AvgIpc) is 3.37. The van der Waals surface area contributed by atoms with Crippen molar-refractivity contribution in [2.24, 2.45) is 0 Å². The van der Waals surface area contributed by atoms with Crippen molar-refractivity contribution in [2.45, 2.75) is 131 Å². The number of aryl methyl sites for hydroxylation is 2. The lowest BCUT2D eigenvalue weighted by Gasteiger charge is -2.28. The molecular weight excluding hydrogens is 897 g/mol. The summed E-state index contributed by atoms with van der Waals surface area (Å²) in [5, 5.41) is 0. The topological polar surface area (TPSA) is 32.3 Å². The zero-order valence-electron chi connectivity index (χ0n) is 46.7. The molecule has 4 nitrogen and oxygen atoms in total. The van der Waals surface area contributed by atoms with Gasteiger partial charge >= 0.3 is 0 Å². The summed E-state index contributed by atoms with van der Waals surface area (Å²) < 4.78 is 0. The molecule has 0 aliphatic heterocycles. The number of hydrogen-bond donors (Lipinski definition) is 0. The first-order valence-electron chi connectivity index (χ1n) is 26.7. The summed E-state index contributed by atoms with van der Waals surface area (Å²) in [6, 6.07) is 58.3. The highest BCUT2D eigenvalue weighted by Gasteiger charge is 2.22. The highest BCUT2D eigenvalue weighted by atomic mass is 15.1. The molecule has 0 aliphatic rings. The summed E-state index contributed by atoms with van der Waals surface area (Å²) in [5.74, 6) is 0. The fourth-order valence-corrected chi connectivity index (χ4v) is 9.49. The smallest absolute Gasteiger partial charge is 0.0892 e. The van der Waals surface area contributed by atoms with Gasteiger partial charge in [-0.25, -0.2) is 0 Å². The van der Waals surface area contributed by atoms with Crippen LogP contribution in [0.3, 0.4) is 0 Å². The minimum atomic E-state index is 0.0778. The molecule has 8 rings (SSSR count). The number of rotatable bonds is 13. The highest BCUT2D eigenvalue weighted by Crippen LogP contribution is 2.40. The van der Waals surface area contributed by atoms with E-state index in [1.54, 1.807) is 0 Å². The lowest BCUT2D eigenvalue weighted by molar-refractivity contribution is 0.590. The maximum Gasteiger partial charge on any atom is 0.0892 e. The number of hydrogen-bond acceptors (Lipinski definition) is 4. The lowest BCUT2D eigenvalue weighted by Crippen LogP contribution is -2.14. The van der Waals surface area contributed by atoms with Crippen LogP contribution in [0.4, 0.5) is 34.1 Å². The summed E-state index contributed by atoms with van der Waals surface area (Å²) >= 11 is 0. The van der Waals surface area contributed by atoms with Gasteiger partial charge in [-0.3, -0.25) is 9.97 Å². The first-order chi connectivity index (χ1) is 35.1. The van der Waals surface area contributed by atoms with Gasteiger partial charge in [0.2, 0.25) is 0 Å². The Hall–Kier alpha value is -7.30. The quantitative estimate of drug-likeness (QED) is 0.115. The van der Waals surface area contributed by atoms with E-state index in [0.717, 1.165) is 69.5 Å². The van der Waals surface area contributed by atoms with E-state index in [1.807, 2.05) is 12.4 Å². The summed E-state index contributed by atoms with van der Waals surface area (Å²) in [5.41, 5.74) is 21.2. The van der Waals surface area contributed by atoms with Gasteiger partial charge in [-0.05, 0) is 187 Å². The van der Waals surface area contributed by atoms with Crippen LogP contribution in [-0.4, -0.2) is 9.97 Å². The molecule has 2 heterocycles. The Balaban J connectivity index is 1.03. The van der Waals surface area contributed by atoms with E-state index in [9.17, 15) is 0 Å². The van der Waals surface area contributed by atoms with Gasteiger partial charge in [-0.15, -0.1) is 0 Å². The van der Waals surface area contributed by atoms with E-state index in [1.165, 1.54) is 44.5 Å². The van der Waals surface area contributed by atoms with E-state index < -0.39 is 0 Å². The van der Waals surface area contributed by atoms with Crippen molar-refractivity contribution < 1.29 is 0 Å². The Morgan fingerprint density at radius 1 is 0.324 bits per heavy atom. The van der Waals surface area contributed by atoms with Crippen molar-refractivity contribution in [2.75, 3.05) is 9.80 Å². The van der Waals surface area contributed by atoms with Gasteiger partial charge in [-0.1, -0.05) is 182 Å². The molecule has 0 aliphatic carbocycles. The standard InChI is InChI=1S/C70H78N4/c1-15-51-47-63(73(59-33-23-55(24-34-59)67(3,4)5)60-35-25-56(26-36-60)68(6,7)8)31-21-53(51)19-17-49-41-43-71-65(45-49)66-46-50(42-44-72-66)18-20-54-22-32-64(48-52(54)16-2)74(61-37-27-57(28-38-61)69(9,10)11)62-39-29-58(30-40-62)70(12,13)14/h17-48H,15-16H2,1-14H3/b19-17+,20-18+. The molecule has 0 unspecified atom stereocenters. The molecule has 0 radical (unpaired) electrons. The predicted octanol–water partition coefficient (Wildman–Crippen LogP) is 19.7. The number of pyridine rings is 2. The molecule has 378 valence electrons. The molecule has 0 N–H and O–H groups in total. The molecule has 0 amide bonds. The Labute approximate surface area is 444 Å². The van der Waals surface area contributed by atoms with Crippen LogP contribution in [-0.2, 0) is 34.5 Å². The van der Waals surface area contributed by atoms with Gasteiger partial charge < -0.3 is 9.80 Å². The molecule has 0 fully saturated rings. The normalized spacial score (nSPS) is 12.5. The molecule has 0 saturated carbocycles. The van der Waals surface area contributed by atoms with E-state index in [-0.39, 0.29) is 21.7 Å². The monoisotopic (exact) mass is 975 g/mol. The number of aromatic nitrogens is 2. The maximum absolute atomic E-state index is 4.79. The molecule has 74 heavy (non-hydrogen) atoms. The van der Waals surface area contributed by atoms with E-state index in [2.05, 4.69) is 289 Å². The van der Waals surface area contributed by atoms with E-state index in [0.29, 0.717) is 0 Å². The van der Waals surface area contributed by atoms with Crippen LogP contribution in [0.2, 0.25) is 0 Å². The number of nitrogens with zero attached hydrogens (tertiary/aromatic N) is 4. The fourth-order valence-electron chi connectivity index (χ4n) is 9.49. The van der Waals surface area contributed by atoms with Crippen molar-refractivity contribution in [1.29, 1.82) is 0 Å². The van der Waals surface area contributed by atoms with Crippen LogP contribution < -0.4 is 9.80 Å². The average molecular weight is 975 g/mol. The molecule has 4 heteroatoms. The Kier molecular flexibility index (Phi) is 15.5. The van der Waals surface area contributed by atoms with Crippen LogP contribution in [0, 0.1) is 0 Å². The Morgan fingerprint density at radius 2 is 0.595 bits per heavy atom.